The Hall–Kier alpha value is -3.43. The molecule has 0 fully saturated rings. The summed E-state index contributed by atoms with van der Waals surface area (Å²) in [6.07, 6.45) is 2.66. The van der Waals surface area contributed by atoms with Gasteiger partial charge in [-0.3, -0.25) is 4.79 Å². The largest absolute Gasteiger partial charge is 0.381 e. The Balaban J connectivity index is 1.60. The lowest BCUT2D eigenvalue weighted by molar-refractivity contribution is -0.0127. The van der Waals surface area contributed by atoms with Crippen molar-refractivity contribution >= 4 is 17.2 Å². The van der Waals surface area contributed by atoms with Crippen LogP contribution in [0.3, 0.4) is 0 Å². The third-order valence-electron chi connectivity index (χ3n) is 5.04. The molecule has 2 heterocycles. The molecule has 1 unspecified atom stereocenters. The molecule has 4 aromatic rings. The summed E-state index contributed by atoms with van der Waals surface area (Å²) in [6.45, 7) is -0.417. The van der Waals surface area contributed by atoms with Gasteiger partial charge in [-0.2, -0.15) is 5.10 Å². The van der Waals surface area contributed by atoms with Gasteiger partial charge < -0.3 is 10.0 Å². The van der Waals surface area contributed by atoms with E-state index in [1.54, 1.807) is 6.07 Å². The highest BCUT2D eigenvalue weighted by Gasteiger charge is 2.36. The van der Waals surface area contributed by atoms with Gasteiger partial charge in [0.1, 0.15) is 29.9 Å². The van der Waals surface area contributed by atoms with Gasteiger partial charge in [0.2, 0.25) is 0 Å². The summed E-state index contributed by atoms with van der Waals surface area (Å²) in [6, 6.07) is 16.2. The summed E-state index contributed by atoms with van der Waals surface area (Å²) in [7, 11) is 1.53. The molecule has 0 aliphatic rings. The van der Waals surface area contributed by atoms with Crippen molar-refractivity contribution in [3.63, 3.8) is 0 Å². The van der Waals surface area contributed by atoms with E-state index in [0.29, 0.717) is 10.9 Å². The number of nitrogens with zero attached hydrogens (tertiary/aromatic N) is 4. The van der Waals surface area contributed by atoms with E-state index in [-0.39, 0.29) is 24.6 Å². The predicted octanol–water partition coefficient (Wildman–Crippen LogP) is 3.94. The SMILES string of the molecule is CN(CC(O)(Cn1cncn1)c1ccc(F)cc1F)C(=O)c1ccc(-c2ccccc2)s1. The third kappa shape index (κ3) is 4.58. The fraction of sp³-hybridized carbons (Fsp3) is 0.174. The number of aliphatic hydroxyl groups is 1. The number of carbonyl (C=O) groups excluding carboxylic acids is 1. The van der Waals surface area contributed by atoms with Crippen LogP contribution in [0.2, 0.25) is 0 Å². The quantitative estimate of drug-likeness (QED) is 0.459. The molecule has 1 N–H and O–H groups in total. The van der Waals surface area contributed by atoms with E-state index < -0.39 is 17.2 Å². The van der Waals surface area contributed by atoms with E-state index in [0.717, 1.165) is 16.5 Å². The maximum atomic E-state index is 14.6. The average Bonchev–Trinajstić information content (AvgIpc) is 3.45. The minimum atomic E-state index is -1.87. The minimum Gasteiger partial charge on any atom is -0.381 e. The summed E-state index contributed by atoms with van der Waals surface area (Å²) >= 11 is 1.33. The van der Waals surface area contributed by atoms with E-state index in [1.807, 2.05) is 36.4 Å². The Kier molecular flexibility index (Phi) is 6.11. The molecule has 2 aromatic heterocycles. The maximum absolute atomic E-state index is 14.6. The van der Waals surface area contributed by atoms with Gasteiger partial charge >= 0.3 is 0 Å². The molecule has 32 heavy (non-hydrogen) atoms. The lowest BCUT2D eigenvalue weighted by Crippen LogP contribution is -2.45. The zero-order chi connectivity index (χ0) is 22.7. The Morgan fingerprint density at radius 1 is 1.16 bits per heavy atom. The third-order valence-corrected chi connectivity index (χ3v) is 6.17. The zero-order valence-electron chi connectivity index (χ0n) is 17.2. The first-order chi connectivity index (χ1) is 15.4. The summed E-state index contributed by atoms with van der Waals surface area (Å²) in [5, 5.41) is 15.4. The molecule has 1 amide bonds. The standard InChI is InChI=1S/C23H20F2N4O2S/c1-28(22(30)21-10-9-20(32-21)16-5-3-2-4-6-16)12-23(31,13-29-15-26-14-27-29)18-8-7-17(24)11-19(18)25/h2-11,14-15,31H,12-13H2,1H3. The molecular formula is C23H20F2N4O2S. The lowest BCUT2D eigenvalue weighted by Gasteiger charge is -2.33. The van der Waals surface area contributed by atoms with Crippen molar-refractivity contribution < 1.29 is 18.7 Å². The first-order valence-corrected chi connectivity index (χ1v) is 10.6. The molecule has 9 heteroatoms. The second kappa shape index (κ2) is 8.97. The smallest absolute Gasteiger partial charge is 0.263 e. The van der Waals surface area contributed by atoms with Gasteiger partial charge in [0.25, 0.3) is 5.91 Å². The van der Waals surface area contributed by atoms with Crippen molar-refractivity contribution in [2.24, 2.45) is 0 Å². The topological polar surface area (TPSA) is 71.2 Å². The second-order valence-electron chi connectivity index (χ2n) is 7.44. The number of thiophene rings is 1. The van der Waals surface area contributed by atoms with Gasteiger partial charge in [-0.1, -0.05) is 36.4 Å². The first kappa shape index (κ1) is 21.8. The van der Waals surface area contributed by atoms with Crippen molar-refractivity contribution in [2.75, 3.05) is 13.6 Å². The van der Waals surface area contributed by atoms with Crippen LogP contribution in [0.15, 0.2) is 73.3 Å². The van der Waals surface area contributed by atoms with Gasteiger partial charge in [0, 0.05) is 23.6 Å². The van der Waals surface area contributed by atoms with Crippen LogP contribution in [0.25, 0.3) is 10.4 Å². The van der Waals surface area contributed by atoms with Gasteiger partial charge in [0.15, 0.2) is 0 Å². The molecule has 164 valence electrons. The zero-order valence-corrected chi connectivity index (χ0v) is 18.0. The molecule has 0 aliphatic carbocycles. The monoisotopic (exact) mass is 454 g/mol. The van der Waals surface area contributed by atoms with Crippen LogP contribution in [0.1, 0.15) is 15.2 Å². The molecule has 4 rings (SSSR count). The van der Waals surface area contributed by atoms with Gasteiger partial charge in [-0.05, 0) is 23.8 Å². The summed E-state index contributed by atoms with van der Waals surface area (Å²) in [5.74, 6) is -1.99. The van der Waals surface area contributed by atoms with Crippen LogP contribution in [0.4, 0.5) is 8.78 Å². The number of hydrogen-bond acceptors (Lipinski definition) is 5. The fourth-order valence-electron chi connectivity index (χ4n) is 3.53. The molecule has 0 aliphatic heterocycles. The highest BCUT2D eigenvalue weighted by atomic mass is 32.1. The fourth-order valence-corrected chi connectivity index (χ4v) is 4.54. The first-order valence-electron chi connectivity index (χ1n) is 9.77. The Labute approximate surface area is 187 Å². The Bertz CT molecular complexity index is 1210. The van der Waals surface area contributed by atoms with E-state index in [9.17, 15) is 18.7 Å². The molecule has 0 saturated carbocycles. The van der Waals surface area contributed by atoms with Crippen molar-refractivity contribution in [3.8, 4) is 10.4 Å². The summed E-state index contributed by atoms with van der Waals surface area (Å²) in [5.41, 5.74) is -1.00. The maximum Gasteiger partial charge on any atom is 0.263 e. The van der Waals surface area contributed by atoms with Crippen LogP contribution in [-0.2, 0) is 12.1 Å². The number of halogens is 2. The molecule has 0 bridgehead atoms. The number of aromatic nitrogens is 3. The van der Waals surface area contributed by atoms with E-state index >= 15 is 0 Å². The van der Waals surface area contributed by atoms with Crippen LogP contribution in [0.5, 0.6) is 0 Å². The van der Waals surface area contributed by atoms with Gasteiger partial charge in [-0.25, -0.2) is 18.4 Å². The number of carbonyl (C=O) groups is 1. The van der Waals surface area contributed by atoms with Crippen LogP contribution in [0, 0.1) is 11.6 Å². The van der Waals surface area contributed by atoms with E-state index in [2.05, 4.69) is 10.1 Å². The second-order valence-corrected chi connectivity index (χ2v) is 8.52. The van der Waals surface area contributed by atoms with Crippen molar-refractivity contribution in [2.45, 2.75) is 12.1 Å². The van der Waals surface area contributed by atoms with E-state index in [1.165, 1.54) is 46.7 Å². The number of hydrogen-bond donors (Lipinski definition) is 1. The Morgan fingerprint density at radius 2 is 1.94 bits per heavy atom. The molecule has 0 saturated heterocycles. The van der Waals surface area contributed by atoms with Crippen LogP contribution < -0.4 is 0 Å². The molecule has 1 atom stereocenters. The minimum absolute atomic E-state index is 0.134. The summed E-state index contributed by atoms with van der Waals surface area (Å²) in [4.78, 5) is 19.6. The highest BCUT2D eigenvalue weighted by molar-refractivity contribution is 7.17. The van der Waals surface area contributed by atoms with Crippen molar-refractivity contribution in [1.82, 2.24) is 19.7 Å². The number of amides is 1. The Morgan fingerprint density at radius 3 is 2.62 bits per heavy atom. The number of likely N-dealkylation sites (N-methyl/N-ethyl adjacent to an activating group) is 1. The number of rotatable bonds is 7. The van der Waals surface area contributed by atoms with Crippen molar-refractivity contribution in [3.05, 3.63) is 95.4 Å². The number of benzene rings is 2. The molecule has 6 nitrogen and oxygen atoms in total. The molecule has 2 aromatic carbocycles. The van der Waals surface area contributed by atoms with E-state index in [4.69, 9.17) is 0 Å². The molecule has 0 radical (unpaired) electrons. The lowest BCUT2D eigenvalue weighted by atomic mass is 9.92. The van der Waals surface area contributed by atoms with Crippen molar-refractivity contribution in [1.29, 1.82) is 0 Å². The van der Waals surface area contributed by atoms with Crippen LogP contribution in [-0.4, -0.2) is 44.3 Å². The predicted molar refractivity (Wildman–Crippen MR) is 117 cm³/mol. The summed E-state index contributed by atoms with van der Waals surface area (Å²) < 4.78 is 29.4. The van der Waals surface area contributed by atoms with Gasteiger partial charge in [0.05, 0.1) is 18.0 Å². The normalized spacial score (nSPS) is 13.0. The molecular weight excluding hydrogens is 434 g/mol. The van der Waals surface area contributed by atoms with Crippen LogP contribution >= 0.6 is 11.3 Å². The van der Waals surface area contributed by atoms with Gasteiger partial charge in [-0.15, -0.1) is 11.3 Å². The highest BCUT2D eigenvalue weighted by Crippen LogP contribution is 2.31. The average molecular weight is 455 g/mol. The molecule has 0 spiro atoms.